The number of Topliss-reactive ketones (excluding diaryl/α,β-unsaturated/α-hetero) is 1. The van der Waals surface area contributed by atoms with Gasteiger partial charge in [0.2, 0.25) is 0 Å². The number of oxime groups is 1. The van der Waals surface area contributed by atoms with E-state index in [4.69, 9.17) is 4.84 Å². The number of carbonyl (C=O) groups excluding carboxylic acids is 2. The average Bonchev–Trinajstić information content (AvgIpc) is 3.20. The van der Waals surface area contributed by atoms with Crippen LogP contribution in [0.1, 0.15) is 77.7 Å². The summed E-state index contributed by atoms with van der Waals surface area (Å²) in [6.45, 7) is 5.72. The predicted octanol–water partition coefficient (Wildman–Crippen LogP) is 4.45. The van der Waals surface area contributed by atoms with Crippen molar-refractivity contribution < 1.29 is 29.4 Å². The number of allylic oxidation sites excluding steroid dienone is 2. The van der Waals surface area contributed by atoms with Gasteiger partial charge in [-0.25, -0.2) is 4.79 Å². The third kappa shape index (κ3) is 4.89. The summed E-state index contributed by atoms with van der Waals surface area (Å²) in [6.07, 6.45) is 9.42. The van der Waals surface area contributed by atoms with E-state index in [1.807, 2.05) is 30.3 Å². The first-order valence-corrected chi connectivity index (χ1v) is 14.7. The molecule has 0 aliphatic heterocycles. The SMILES string of the molecule is CC(=O)[C@]1(O)CC[C@@H]2[C@@H]3CCC4=CC(=NOCC(=O)N[C@@H](Cc5ccccc5)C(=O)O)CC[C@]4(C)[C@@H]3CC[C@@]21C. The van der Waals surface area contributed by atoms with Crippen molar-refractivity contribution in [3.8, 4) is 0 Å². The molecule has 216 valence electrons. The highest BCUT2D eigenvalue weighted by Crippen LogP contribution is 2.67. The molecule has 8 heteroatoms. The molecule has 5 rings (SSSR count). The molecule has 7 atom stereocenters. The Kier molecular flexibility index (Phi) is 7.68. The molecule has 3 fully saturated rings. The molecule has 3 N–H and O–H groups in total. The minimum Gasteiger partial charge on any atom is -0.480 e. The van der Waals surface area contributed by atoms with E-state index in [-0.39, 0.29) is 29.6 Å². The lowest BCUT2D eigenvalue weighted by atomic mass is 9.46. The van der Waals surface area contributed by atoms with Crippen LogP contribution in [0, 0.1) is 28.6 Å². The molecule has 0 aromatic heterocycles. The third-order valence-electron chi connectivity index (χ3n) is 11.0. The third-order valence-corrected chi connectivity index (χ3v) is 11.0. The number of ketones is 1. The van der Waals surface area contributed by atoms with Crippen LogP contribution in [0.25, 0.3) is 0 Å². The molecule has 0 unspecified atom stereocenters. The molecular weight excluding hydrogens is 508 g/mol. The summed E-state index contributed by atoms with van der Waals surface area (Å²) < 4.78 is 0. The number of carboxylic acid groups (broad SMARTS) is 1. The first-order valence-electron chi connectivity index (χ1n) is 14.7. The van der Waals surface area contributed by atoms with E-state index in [9.17, 15) is 24.6 Å². The van der Waals surface area contributed by atoms with E-state index in [2.05, 4.69) is 30.4 Å². The van der Waals surface area contributed by atoms with Crippen molar-refractivity contribution in [2.75, 3.05) is 6.61 Å². The maximum Gasteiger partial charge on any atom is 0.326 e. The topological polar surface area (TPSA) is 125 Å². The van der Waals surface area contributed by atoms with Crippen LogP contribution >= 0.6 is 0 Å². The number of fused-ring (bicyclic) bond motifs is 5. The number of rotatable bonds is 8. The van der Waals surface area contributed by atoms with Crippen LogP contribution in [0.4, 0.5) is 0 Å². The summed E-state index contributed by atoms with van der Waals surface area (Å²) >= 11 is 0. The van der Waals surface area contributed by atoms with Gasteiger partial charge >= 0.3 is 5.97 Å². The Morgan fingerprint density at radius 1 is 1.05 bits per heavy atom. The summed E-state index contributed by atoms with van der Waals surface area (Å²) in [5.74, 6) is -0.306. The molecule has 0 bridgehead atoms. The van der Waals surface area contributed by atoms with Crippen LogP contribution < -0.4 is 5.32 Å². The molecule has 1 amide bonds. The van der Waals surface area contributed by atoms with Crippen molar-refractivity contribution in [2.24, 2.45) is 33.7 Å². The molecule has 1 aromatic rings. The molecule has 0 radical (unpaired) electrons. The van der Waals surface area contributed by atoms with Crippen LogP contribution in [0.2, 0.25) is 0 Å². The summed E-state index contributed by atoms with van der Waals surface area (Å²) in [6, 6.07) is 8.14. The van der Waals surface area contributed by atoms with Crippen molar-refractivity contribution >= 4 is 23.4 Å². The smallest absolute Gasteiger partial charge is 0.326 e. The van der Waals surface area contributed by atoms with E-state index in [1.165, 1.54) is 5.57 Å². The number of hydrogen-bond acceptors (Lipinski definition) is 6. The highest BCUT2D eigenvalue weighted by Gasteiger charge is 2.65. The molecule has 3 saturated carbocycles. The summed E-state index contributed by atoms with van der Waals surface area (Å²) in [5.41, 5.74) is 1.54. The number of amides is 1. The van der Waals surface area contributed by atoms with Gasteiger partial charge in [0.25, 0.3) is 5.91 Å². The number of carboxylic acids is 1. The van der Waals surface area contributed by atoms with Gasteiger partial charge in [-0.15, -0.1) is 0 Å². The van der Waals surface area contributed by atoms with Crippen LogP contribution in [0.3, 0.4) is 0 Å². The molecule has 0 heterocycles. The molecular formula is C32H42N2O6. The van der Waals surface area contributed by atoms with Gasteiger partial charge in [-0.3, -0.25) is 9.59 Å². The Balaban J connectivity index is 1.20. The average molecular weight is 551 g/mol. The molecule has 8 nitrogen and oxygen atoms in total. The Bertz CT molecular complexity index is 1230. The lowest BCUT2D eigenvalue weighted by Gasteiger charge is -2.59. The van der Waals surface area contributed by atoms with Gasteiger partial charge in [-0.05, 0) is 93.1 Å². The van der Waals surface area contributed by atoms with Crippen LogP contribution in [-0.4, -0.2) is 51.8 Å². The Hall–Kier alpha value is -3.00. The number of benzene rings is 1. The molecule has 0 spiro atoms. The minimum absolute atomic E-state index is 0.0592. The molecule has 1 aromatic carbocycles. The number of nitrogens with one attached hydrogen (secondary N) is 1. The number of aliphatic carboxylic acids is 1. The largest absolute Gasteiger partial charge is 0.480 e. The lowest BCUT2D eigenvalue weighted by Crippen LogP contribution is -2.57. The zero-order valence-electron chi connectivity index (χ0n) is 23.8. The van der Waals surface area contributed by atoms with Gasteiger partial charge in [0.15, 0.2) is 12.4 Å². The normalized spacial score (nSPS) is 36.5. The van der Waals surface area contributed by atoms with Gasteiger partial charge < -0.3 is 20.4 Å². The quantitative estimate of drug-likeness (QED) is 0.411. The summed E-state index contributed by atoms with van der Waals surface area (Å²) in [7, 11) is 0. The predicted molar refractivity (Wildman–Crippen MR) is 150 cm³/mol. The maximum atomic E-state index is 12.5. The van der Waals surface area contributed by atoms with Gasteiger partial charge in [-0.1, -0.05) is 54.9 Å². The molecule has 0 saturated heterocycles. The first-order chi connectivity index (χ1) is 19.0. The highest BCUT2D eigenvalue weighted by atomic mass is 16.6. The second kappa shape index (κ2) is 10.8. The van der Waals surface area contributed by atoms with Crippen molar-refractivity contribution in [3.05, 3.63) is 47.5 Å². The fourth-order valence-electron chi connectivity index (χ4n) is 8.70. The van der Waals surface area contributed by atoms with E-state index in [0.29, 0.717) is 24.2 Å². The first kappa shape index (κ1) is 28.5. The summed E-state index contributed by atoms with van der Waals surface area (Å²) in [5, 5.41) is 27.7. The maximum absolute atomic E-state index is 12.5. The monoisotopic (exact) mass is 550 g/mol. The standard InChI is InChI=1S/C32H42N2O6/c1-20(35)32(39)16-13-26-24-10-9-22-18-23(11-14-30(22,2)25(24)12-15-31(26,32)3)34-40-19-28(36)33-27(29(37)38)17-21-7-5-4-6-8-21/h4-8,18,24-27,39H,9-17,19H2,1-3H3,(H,33,36)(H,37,38)/t24-,25-,26-,27+,30+,31+,32-/m1/s1. The number of hydrogen-bond donors (Lipinski definition) is 3. The second-order valence-electron chi connectivity index (χ2n) is 12.9. The zero-order valence-corrected chi connectivity index (χ0v) is 23.8. The van der Waals surface area contributed by atoms with Crippen molar-refractivity contribution in [3.63, 3.8) is 0 Å². The molecule has 4 aliphatic carbocycles. The number of aliphatic hydroxyl groups is 1. The van der Waals surface area contributed by atoms with Crippen molar-refractivity contribution in [1.82, 2.24) is 5.32 Å². The number of nitrogens with zero attached hydrogens (tertiary/aromatic N) is 1. The minimum atomic E-state index is -1.19. The second-order valence-corrected chi connectivity index (χ2v) is 12.9. The highest BCUT2D eigenvalue weighted by molar-refractivity contribution is 5.96. The Labute approximate surface area is 236 Å². The van der Waals surface area contributed by atoms with Crippen LogP contribution in [-0.2, 0) is 25.6 Å². The fourth-order valence-corrected chi connectivity index (χ4v) is 8.70. The Morgan fingerprint density at radius 2 is 1.77 bits per heavy atom. The van der Waals surface area contributed by atoms with Crippen LogP contribution in [0.5, 0.6) is 0 Å². The van der Waals surface area contributed by atoms with Crippen molar-refractivity contribution in [2.45, 2.75) is 90.2 Å². The van der Waals surface area contributed by atoms with Gasteiger partial charge in [0.05, 0.1) is 5.71 Å². The molecule has 4 aliphatic rings. The van der Waals surface area contributed by atoms with Crippen LogP contribution in [0.15, 0.2) is 47.1 Å². The van der Waals surface area contributed by atoms with Crippen molar-refractivity contribution in [1.29, 1.82) is 0 Å². The van der Waals surface area contributed by atoms with Gasteiger partial charge in [-0.2, -0.15) is 0 Å². The van der Waals surface area contributed by atoms with Gasteiger partial charge in [0, 0.05) is 11.8 Å². The van der Waals surface area contributed by atoms with Gasteiger partial charge in [0.1, 0.15) is 11.6 Å². The molecule has 40 heavy (non-hydrogen) atoms. The lowest BCUT2D eigenvalue weighted by molar-refractivity contribution is -0.159. The fraction of sp³-hybridized carbons (Fsp3) is 0.625. The van der Waals surface area contributed by atoms with E-state index < -0.39 is 23.5 Å². The van der Waals surface area contributed by atoms with E-state index >= 15 is 0 Å². The number of carbonyl (C=O) groups is 3. The van der Waals surface area contributed by atoms with E-state index in [1.54, 1.807) is 6.92 Å². The zero-order chi connectivity index (χ0) is 28.7. The Morgan fingerprint density at radius 3 is 2.48 bits per heavy atom. The van der Waals surface area contributed by atoms with E-state index in [0.717, 1.165) is 56.2 Å². The summed E-state index contributed by atoms with van der Waals surface area (Å²) in [4.78, 5) is 41.9.